The van der Waals surface area contributed by atoms with Crippen molar-refractivity contribution in [2.24, 2.45) is 7.05 Å². The average molecular weight is 184 g/mol. The van der Waals surface area contributed by atoms with E-state index in [9.17, 15) is 9.59 Å². The first-order valence-electron chi connectivity index (χ1n) is 3.63. The Hall–Kier alpha value is -1.65. The number of hydrogen-bond acceptors (Lipinski definition) is 4. The second-order valence-electron chi connectivity index (χ2n) is 2.31. The van der Waals surface area contributed by atoms with Crippen molar-refractivity contribution in [3.63, 3.8) is 0 Å². The van der Waals surface area contributed by atoms with Gasteiger partial charge in [-0.25, -0.2) is 4.98 Å². The molecule has 0 fully saturated rings. The van der Waals surface area contributed by atoms with Gasteiger partial charge in [-0.3, -0.25) is 9.59 Å². The van der Waals surface area contributed by atoms with Gasteiger partial charge in [-0.05, 0) is 0 Å². The van der Waals surface area contributed by atoms with Crippen LogP contribution in [-0.2, 0) is 21.4 Å². The Morgan fingerprint density at radius 2 is 1.85 bits per heavy atom. The Morgan fingerprint density at radius 3 is 1.92 bits per heavy atom. The molecule has 5 nitrogen and oxygen atoms in total. The SMILES string of the molecule is CC(=O)OC(C)=O.Cn1ccnc1. The monoisotopic (exact) mass is 184 g/mol. The number of carbonyl (C=O) groups is 2. The Labute approximate surface area is 76.3 Å². The second-order valence-corrected chi connectivity index (χ2v) is 2.31. The predicted octanol–water partition coefficient (Wildman–Crippen LogP) is 0.516. The van der Waals surface area contributed by atoms with Crippen LogP contribution in [0.3, 0.4) is 0 Å². The first kappa shape index (κ1) is 11.4. The summed E-state index contributed by atoms with van der Waals surface area (Å²) in [5.41, 5.74) is 0. The molecule has 13 heavy (non-hydrogen) atoms. The zero-order chi connectivity index (χ0) is 10.3. The van der Waals surface area contributed by atoms with E-state index in [1.54, 1.807) is 12.5 Å². The third kappa shape index (κ3) is 8.25. The summed E-state index contributed by atoms with van der Waals surface area (Å²) in [4.78, 5) is 23.4. The molecule has 0 radical (unpaired) electrons. The van der Waals surface area contributed by atoms with Gasteiger partial charge in [-0.2, -0.15) is 0 Å². The van der Waals surface area contributed by atoms with Crippen LogP contribution in [0.4, 0.5) is 0 Å². The molecule has 0 aromatic carbocycles. The summed E-state index contributed by atoms with van der Waals surface area (Å²) in [6, 6.07) is 0. The molecule has 0 amide bonds. The van der Waals surface area contributed by atoms with E-state index in [1.165, 1.54) is 13.8 Å². The van der Waals surface area contributed by atoms with Gasteiger partial charge in [-0.1, -0.05) is 0 Å². The summed E-state index contributed by atoms with van der Waals surface area (Å²) in [5.74, 6) is -1.12. The van der Waals surface area contributed by atoms with Crippen LogP contribution >= 0.6 is 0 Å². The van der Waals surface area contributed by atoms with Crippen LogP contribution in [0.25, 0.3) is 0 Å². The molecule has 0 spiro atoms. The van der Waals surface area contributed by atoms with Gasteiger partial charge in [0.15, 0.2) is 0 Å². The Kier molecular flexibility index (Phi) is 5.18. The summed E-state index contributed by atoms with van der Waals surface area (Å²) in [7, 11) is 1.94. The summed E-state index contributed by atoms with van der Waals surface area (Å²) < 4.78 is 5.86. The van der Waals surface area contributed by atoms with E-state index >= 15 is 0 Å². The van der Waals surface area contributed by atoms with Gasteiger partial charge in [0.25, 0.3) is 0 Å². The second kappa shape index (κ2) is 5.93. The molecule has 0 unspecified atom stereocenters. The molecule has 0 aliphatic carbocycles. The molecule has 0 aliphatic rings. The van der Waals surface area contributed by atoms with E-state index < -0.39 is 11.9 Å². The first-order valence-corrected chi connectivity index (χ1v) is 3.63. The third-order valence-electron chi connectivity index (χ3n) is 0.924. The standard InChI is InChI=1S/C4H6N2.C4H6O3/c1-6-3-2-5-4-6;1-3(5)7-4(2)6/h2-4H,1H3;1-2H3. The number of ether oxygens (including phenoxy) is 1. The van der Waals surface area contributed by atoms with Gasteiger partial charge in [-0.15, -0.1) is 0 Å². The Balaban J connectivity index is 0.000000223. The van der Waals surface area contributed by atoms with Crippen LogP contribution < -0.4 is 0 Å². The van der Waals surface area contributed by atoms with E-state index in [-0.39, 0.29) is 0 Å². The van der Waals surface area contributed by atoms with Crippen molar-refractivity contribution >= 4 is 11.9 Å². The minimum atomic E-state index is -0.562. The van der Waals surface area contributed by atoms with Crippen molar-refractivity contribution in [3.8, 4) is 0 Å². The number of aromatic nitrogens is 2. The van der Waals surface area contributed by atoms with Crippen molar-refractivity contribution in [1.29, 1.82) is 0 Å². The highest BCUT2D eigenvalue weighted by Gasteiger charge is 1.93. The number of aryl methyl sites for hydroxylation is 1. The van der Waals surface area contributed by atoms with E-state index in [1.807, 2.05) is 17.8 Å². The Bertz CT molecular complexity index is 255. The summed E-state index contributed by atoms with van der Waals surface area (Å²) in [6.07, 6.45) is 5.39. The molecule has 0 aliphatic heterocycles. The minimum Gasteiger partial charge on any atom is -0.394 e. The van der Waals surface area contributed by atoms with Crippen LogP contribution in [0.15, 0.2) is 18.7 Å². The lowest BCUT2D eigenvalue weighted by Crippen LogP contribution is -2.03. The maximum atomic E-state index is 9.81. The van der Waals surface area contributed by atoms with Crippen LogP contribution in [0.5, 0.6) is 0 Å². The van der Waals surface area contributed by atoms with E-state index in [2.05, 4.69) is 9.72 Å². The molecule has 1 aromatic rings. The lowest BCUT2D eigenvalue weighted by atomic mass is 10.7. The number of imidazole rings is 1. The van der Waals surface area contributed by atoms with Gasteiger partial charge in [0.2, 0.25) is 0 Å². The lowest BCUT2D eigenvalue weighted by molar-refractivity contribution is -0.156. The van der Waals surface area contributed by atoms with Crippen molar-refractivity contribution in [2.45, 2.75) is 13.8 Å². The fourth-order valence-corrected chi connectivity index (χ4v) is 0.528. The third-order valence-corrected chi connectivity index (χ3v) is 0.924. The van der Waals surface area contributed by atoms with Gasteiger partial charge < -0.3 is 9.30 Å². The number of carbonyl (C=O) groups excluding carboxylic acids is 2. The maximum absolute atomic E-state index is 9.81. The van der Waals surface area contributed by atoms with E-state index in [4.69, 9.17) is 0 Å². The van der Waals surface area contributed by atoms with Crippen LogP contribution in [0.1, 0.15) is 13.8 Å². The molecule has 0 saturated carbocycles. The van der Waals surface area contributed by atoms with Gasteiger partial charge in [0.05, 0.1) is 6.33 Å². The number of rotatable bonds is 0. The lowest BCUT2D eigenvalue weighted by Gasteiger charge is -1.87. The van der Waals surface area contributed by atoms with Crippen molar-refractivity contribution < 1.29 is 14.3 Å². The molecule has 0 N–H and O–H groups in total. The zero-order valence-electron chi connectivity index (χ0n) is 7.85. The van der Waals surface area contributed by atoms with Crippen molar-refractivity contribution in [1.82, 2.24) is 9.55 Å². The van der Waals surface area contributed by atoms with Crippen LogP contribution in [0, 0.1) is 0 Å². The quantitative estimate of drug-likeness (QED) is 0.435. The number of esters is 2. The molecule has 0 bridgehead atoms. The van der Waals surface area contributed by atoms with E-state index in [0.29, 0.717) is 0 Å². The summed E-state index contributed by atoms with van der Waals surface area (Å²) in [5, 5.41) is 0. The van der Waals surface area contributed by atoms with Gasteiger partial charge >= 0.3 is 11.9 Å². The van der Waals surface area contributed by atoms with Crippen LogP contribution in [0.2, 0.25) is 0 Å². The normalized spacial score (nSPS) is 8.23. The minimum absolute atomic E-state index is 0.562. The highest BCUT2D eigenvalue weighted by Crippen LogP contribution is 1.74. The topological polar surface area (TPSA) is 61.2 Å². The number of hydrogen-bond donors (Lipinski definition) is 0. The molecule has 0 saturated heterocycles. The summed E-state index contributed by atoms with van der Waals surface area (Å²) in [6.45, 7) is 2.36. The van der Waals surface area contributed by atoms with Crippen molar-refractivity contribution in [3.05, 3.63) is 18.7 Å². The zero-order valence-corrected chi connectivity index (χ0v) is 7.85. The molecule has 0 atom stereocenters. The smallest absolute Gasteiger partial charge is 0.310 e. The number of nitrogens with zero attached hydrogens (tertiary/aromatic N) is 2. The van der Waals surface area contributed by atoms with Crippen LogP contribution in [-0.4, -0.2) is 21.5 Å². The average Bonchev–Trinajstić information content (AvgIpc) is 2.37. The highest BCUT2D eigenvalue weighted by atomic mass is 16.6. The molecule has 1 aromatic heterocycles. The molecule has 1 rings (SSSR count). The predicted molar refractivity (Wildman–Crippen MR) is 45.7 cm³/mol. The molecule has 1 heterocycles. The molecular formula is C8H12N2O3. The maximum Gasteiger partial charge on any atom is 0.310 e. The highest BCUT2D eigenvalue weighted by molar-refractivity contribution is 5.82. The fourth-order valence-electron chi connectivity index (χ4n) is 0.528. The molecule has 72 valence electrons. The molecule has 5 heteroatoms. The molecular weight excluding hydrogens is 172 g/mol. The van der Waals surface area contributed by atoms with Gasteiger partial charge in [0.1, 0.15) is 0 Å². The van der Waals surface area contributed by atoms with Gasteiger partial charge in [0, 0.05) is 33.3 Å². The van der Waals surface area contributed by atoms with E-state index in [0.717, 1.165) is 0 Å². The largest absolute Gasteiger partial charge is 0.394 e. The Morgan fingerprint density at radius 1 is 1.31 bits per heavy atom. The summed E-state index contributed by atoms with van der Waals surface area (Å²) >= 11 is 0. The first-order chi connectivity index (χ1) is 6.02. The fraction of sp³-hybridized carbons (Fsp3) is 0.375. The van der Waals surface area contributed by atoms with Crippen molar-refractivity contribution in [2.75, 3.05) is 0 Å².